The van der Waals surface area contributed by atoms with E-state index in [4.69, 9.17) is 23.2 Å². The average molecular weight is 474 g/mol. The maximum absolute atomic E-state index is 13.1. The second-order valence-corrected chi connectivity index (χ2v) is 9.41. The van der Waals surface area contributed by atoms with Crippen molar-refractivity contribution < 1.29 is 14.4 Å². The average Bonchev–Trinajstić information content (AvgIpc) is 2.99. The number of rotatable bonds is 5. The van der Waals surface area contributed by atoms with Crippen LogP contribution < -0.4 is 10.6 Å². The lowest BCUT2D eigenvalue weighted by Gasteiger charge is -2.23. The third-order valence-corrected chi connectivity index (χ3v) is 7.06. The molecule has 2 N–H and O–H groups in total. The molecule has 2 aromatic rings. The zero-order valence-corrected chi connectivity index (χ0v) is 19.5. The van der Waals surface area contributed by atoms with Crippen molar-refractivity contribution in [3.8, 4) is 0 Å². The van der Waals surface area contributed by atoms with Gasteiger partial charge in [0, 0.05) is 0 Å². The molecule has 2 aliphatic rings. The molecule has 1 aliphatic carbocycles. The molecule has 0 bridgehead atoms. The second kappa shape index (κ2) is 8.75. The molecule has 1 fully saturated rings. The summed E-state index contributed by atoms with van der Waals surface area (Å²) < 4.78 is 0. The summed E-state index contributed by atoms with van der Waals surface area (Å²) >= 11 is 12.1. The number of hydrogen-bond donors (Lipinski definition) is 2. The van der Waals surface area contributed by atoms with Crippen molar-refractivity contribution in [3.05, 3.63) is 68.7 Å². The summed E-state index contributed by atoms with van der Waals surface area (Å²) in [6.07, 6.45) is 4.55. The molecule has 0 spiro atoms. The molecular formula is C24H25Cl2N3O3. The van der Waals surface area contributed by atoms with Crippen molar-refractivity contribution in [1.29, 1.82) is 0 Å². The van der Waals surface area contributed by atoms with Crippen LogP contribution in [0.25, 0.3) is 0 Å². The third-order valence-electron chi connectivity index (χ3n) is 6.32. The molecule has 2 aromatic carbocycles. The molecule has 32 heavy (non-hydrogen) atoms. The molecule has 4 rings (SSSR count). The first kappa shape index (κ1) is 22.6. The Morgan fingerprint density at radius 2 is 1.81 bits per heavy atom. The number of fused-ring (bicyclic) bond motifs is 1. The number of urea groups is 1. The number of carbonyl (C=O) groups is 3. The minimum Gasteiger partial charge on any atom is -0.348 e. The van der Waals surface area contributed by atoms with E-state index in [2.05, 4.69) is 22.8 Å². The summed E-state index contributed by atoms with van der Waals surface area (Å²) in [6, 6.07) is 10.2. The van der Waals surface area contributed by atoms with E-state index in [1.54, 1.807) is 25.1 Å². The number of nitrogens with zero attached hydrogens (tertiary/aromatic N) is 1. The van der Waals surface area contributed by atoms with E-state index < -0.39 is 23.4 Å². The van der Waals surface area contributed by atoms with Crippen LogP contribution in [0.3, 0.4) is 0 Å². The molecule has 0 radical (unpaired) electrons. The third kappa shape index (κ3) is 4.21. The van der Waals surface area contributed by atoms with Gasteiger partial charge in [-0.15, -0.1) is 0 Å². The molecule has 2 unspecified atom stereocenters. The molecule has 168 valence electrons. The summed E-state index contributed by atoms with van der Waals surface area (Å²) in [5, 5.41) is 6.21. The smallest absolute Gasteiger partial charge is 0.325 e. The van der Waals surface area contributed by atoms with Gasteiger partial charge < -0.3 is 10.6 Å². The van der Waals surface area contributed by atoms with Crippen molar-refractivity contribution in [2.75, 3.05) is 6.54 Å². The summed E-state index contributed by atoms with van der Waals surface area (Å²) in [6.45, 7) is 3.12. The lowest BCUT2D eigenvalue weighted by atomic mass is 9.89. The van der Waals surface area contributed by atoms with Gasteiger partial charge in [-0.1, -0.05) is 47.5 Å². The highest BCUT2D eigenvalue weighted by molar-refractivity contribution is 6.42. The quantitative estimate of drug-likeness (QED) is 0.626. The second-order valence-electron chi connectivity index (χ2n) is 8.60. The summed E-state index contributed by atoms with van der Waals surface area (Å²) in [5.74, 6) is -0.922. The van der Waals surface area contributed by atoms with Crippen LogP contribution in [0.5, 0.6) is 0 Å². The molecule has 1 heterocycles. The fourth-order valence-electron chi connectivity index (χ4n) is 4.38. The number of carbonyl (C=O) groups excluding carboxylic acids is 3. The molecule has 1 saturated heterocycles. The Bertz CT molecular complexity index is 1100. The fraction of sp³-hybridized carbons (Fsp3) is 0.375. The van der Waals surface area contributed by atoms with Crippen molar-refractivity contribution in [2.45, 2.75) is 51.1 Å². The van der Waals surface area contributed by atoms with Gasteiger partial charge in [-0.2, -0.15) is 0 Å². The number of benzene rings is 2. The predicted molar refractivity (Wildman–Crippen MR) is 124 cm³/mol. The van der Waals surface area contributed by atoms with Crippen LogP contribution in [-0.2, 0) is 28.0 Å². The van der Waals surface area contributed by atoms with Crippen LogP contribution in [0.2, 0.25) is 10.0 Å². The van der Waals surface area contributed by atoms with Gasteiger partial charge in [0.05, 0.1) is 16.1 Å². The molecule has 6 nitrogen and oxygen atoms in total. The minimum atomic E-state index is -1.32. The number of halogens is 2. The molecule has 2 atom stereocenters. The summed E-state index contributed by atoms with van der Waals surface area (Å²) in [4.78, 5) is 39.2. The first-order valence-corrected chi connectivity index (χ1v) is 11.5. The van der Waals surface area contributed by atoms with Gasteiger partial charge in [0.1, 0.15) is 12.1 Å². The van der Waals surface area contributed by atoms with E-state index in [1.807, 2.05) is 13.0 Å². The van der Waals surface area contributed by atoms with Crippen molar-refractivity contribution >= 4 is 41.0 Å². The van der Waals surface area contributed by atoms with Crippen LogP contribution in [0.1, 0.15) is 55.0 Å². The Kier molecular flexibility index (Phi) is 6.19. The zero-order chi connectivity index (χ0) is 23.0. The largest absolute Gasteiger partial charge is 0.348 e. The van der Waals surface area contributed by atoms with Crippen molar-refractivity contribution in [1.82, 2.24) is 15.5 Å². The van der Waals surface area contributed by atoms with Gasteiger partial charge in [0.25, 0.3) is 5.91 Å². The molecule has 0 saturated carbocycles. The van der Waals surface area contributed by atoms with Gasteiger partial charge in [-0.3, -0.25) is 14.5 Å². The molecule has 0 aromatic heterocycles. The SMILES string of the molecule is CC(NC(=O)CN1C(=O)NC(C)(c2ccc(Cl)c(Cl)c2)C1=O)c1ccc2c(c1)CCCC2. The monoisotopic (exact) mass is 473 g/mol. The lowest BCUT2D eigenvalue weighted by molar-refractivity contribution is -0.135. The van der Waals surface area contributed by atoms with Crippen LogP contribution >= 0.6 is 23.2 Å². The fourth-order valence-corrected chi connectivity index (χ4v) is 4.68. The predicted octanol–water partition coefficient (Wildman–Crippen LogP) is 4.52. The van der Waals surface area contributed by atoms with E-state index in [1.165, 1.54) is 24.0 Å². The number of hydrogen-bond acceptors (Lipinski definition) is 3. The van der Waals surface area contributed by atoms with Gasteiger partial charge in [0.2, 0.25) is 5.91 Å². The highest BCUT2D eigenvalue weighted by Gasteiger charge is 2.49. The van der Waals surface area contributed by atoms with Gasteiger partial charge in [0.15, 0.2) is 0 Å². The van der Waals surface area contributed by atoms with Crippen LogP contribution in [-0.4, -0.2) is 29.3 Å². The Balaban J connectivity index is 1.44. The molecular weight excluding hydrogens is 449 g/mol. The number of amides is 4. The number of aryl methyl sites for hydroxylation is 2. The van der Waals surface area contributed by atoms with E-state index >= 15 is 0 Å². The van der Waals surface area contributed by atoms with Gasteiger partial charge in [-0.25, -0.2) is 4.79 Å². The Hall–Kier alpha value is -2.57. The van der Waals surface area contributed by atoms with E-state index in [0.29, 0.717) is 10.6 Å². The highest BCUT2D eigenvalue weighted by Crippen LogP contribution is 2.33. The first-order chi connectivity index (χ1) is 15.2. The first-order valence-electron chi connectivity index (χ1n) is 10.7. The topological polar surface area (TPSA) is 78.5 Å². The number of nitrogens with one attached hydrogen (secondary N) is 2. The standard InChI is InChI=1S/C24H25Cl2N3O3/c1-14(16-8-7-15-5-3-4-6-17(15)11-16)27-21(30)13-29-22(31)24(2,28-23(29)32)18-9-10-19(25)20(26)12-18/h7-12,14H,3-6,13H2,1-2H3,(H,27,30)(H,28,32). The van der Waals surface area contributed by atoms with E-state index in [9.17, 15) is 14.4 Å². The maximum atomic E-state index is 13.1. The highest BCUT2D eigenvalue weighted by atomic mass is 35.5. The lowest BCUT2D eigenvalue weighted by Crippen LogP contribution is -2.43. The summed E-state index contributed by atoms with van der Waals surface area (Å²) in [7, 11) is 0. The van der Waals surface area contributed by atoms with Crippen molar-refractivity contribution in [2.24, 2.45) is 0 Å². The summed E-state index contributed by atoms with van der Waals surface area (Å²) in [5.41, 5.74) is 2.89. The van der Waals surface area contributed by atoms with Gasteiger partial charge in [-0.05, 0) is 73.9 Å². The molecule has 8 heteroatoms. The van der Waals surface area contributed by atoms with E-state index in [0.717, 1.165) is 23.3 Å². The Morgan fingerprint density at radius 3 is 2.53 bits per heavy atom. The molecule has 1 aliphatic heterocycles. The normalized spacial score (nSPS) is 21.2. The molecule has 4 amide bonds. The van der Waals surface area contributed by atoms with Crippen LogP contribution in [0, 0.1) is 0 Å². The zero-order valence-electron chi connectivity index (χ0n) is 18.0. The van der Waals surface area contributed by atoms with Gasteiger partial charge >= 0.3 is 6.03 Å². The minimum absolute atomic E-state index is 0.239. The van der Waals surface area contributed by atoms with Crippen LogP contribution in [0.4, 0.5) is 4.79 Å². The maximum Gasteiger partial charge on any atom is 0.325 e. The van der Waals surface area contributed by atoms with Crippen LogP contribution in [0.15, 0.2) is 36.4 Å². The number of imide groups is 1. The Labute approximate surface area is 197 Å². The van der Waals surface area contributed by atoms with E-state index in [-0.39, 0.29) is 17.6 Å². The Morgan fingerprint density at radius 1 is 1.09 bits per heavy atom. The van der Waals surface area contributed by atoms with Crippen molar-refractivity contribution in [3.63, 3.8) is 0 Å².